The number of H-pyrrole nitrogens is 1. The van der Waals surface area contributed by atoms with Crippen molar-refractivity contribution in [2.75, 3.05) is 31.7 Å². The van der Waals surface area contributed by atoms with Gasteiger partial charge in [0.2, 0.25) is 0 Å². The fourth-order valence-corrected chi connectivity index (χ4v) is 8.27. The molecule has 0 radical (unpaired) electrons. The molecule has 206 valence electrons. The third-order valence-electron chi connectivity index (χ3n) is 6.85. The van der Waals surface area contributed by atoms with Gasteiger partial charge in [-0.3, -0.25) is 14.5 Å². The van der Waals surface area contributed by atoms with Crippen molar-refractivity contribution >= 4 is 73.3 Å². The lowest BCUT2D eigenvalue weighted by atomic mass is 9.87. The van der Waals surface area contributed by atoms with Crippen molar-refractivity contribution in [3.63, 3.8) is 0 Å². The largest absolute Gasteiger partial charge is 0.543 e. The monoisotopic (exact) mass is 597 g/mol. The predicted molar refractivity (Wildman–Crippen MR) is 149 cm³/mol. The first kappa shape index (κ1) is 26.4. The van der Waals surface area contributed by atoms with Crippen LogP contribution in [0.3, 0.4) is 0 Å². The molecule has 12 nitrogen and oxygen atoms in total. The van der Waals surface area contributed by atoms with E-state index in [0.717, 1.165) is 32.0 Å². The normalized spacial score (nSPS) is 21.6. The molecule has 3 aromatic heterocycles. The zero-order chi connectivity index (χ0) is 28.0. The number of amides is 2. The lowest BCUT2D eigenvalue weighted by molar-refractivity contribution is -0.341. The summed E-state index contributed by atoms with van der Waals surface area (Å²) >= 11 is 4.08. The van der Waals surface area contributed by atoms with Gasteiger partial charge in [0.05, 0.1) is 17.1 Å². The van der Waals surface area contributed by atoms with Gasteiger partial charge < -0.3 is 31.1 Å². The highest BCUT2D eigenvalue weighted by Crippen LogP contribution is 2.47. The molecular formula is C25H23N7O5S3. The topological polar surface area (TPSA) is 176 Å². The summed E-state index contributed by atoms with van der Waals surface area (Å²) < 4.78 is 0. The maximum absolute atomic E-state index is 13.4. The minimum atomic E-state index is -1.43. The van der Waals surface area contributed by atoms with Crippen molar-refractivity contribution < 1.29 is 29.3 Å². The number of hydrogen-bond acceptors (Lipinski definition) is 12. The zero-order valence-electron chi connectivity index (χ0n) is 21.0. The van der Waals surface area contributed by atoms with E-state index in [1.165, 1.54) is 23.8 Å². The fraction of sp³-hybridized carbons (Fsp3) is 0.280. The van der Waals surface area contributed by atoms with E-state index in [9.17, 15) is 19.5 Å². The van der Waals surface area contributed by atoms with E-state index in [-0.39, 0.29) is 28.2 Å². The number of nitrogens with zero attached hydrogens (tertiary/aromatic N) is 3. The molecule has 0 aliphatic carbocycles. The summed E-state index contributed by atoms with van der Waals surface area (Å²) in [5.74, 6) is -2.65. The van der Waals surface area contributed by atoms with Crippen molar-refractivity contribution in [3.8, 4) is 0 Å². The third kappa shape index (κ3) is 4.54. The van der Waals surface area contributed by atoms with Crippen molar-refractivity contribution in [2.45, 2.75) is 17.3 Å². The van der Waals surface area contributed by atoms with Gasteiger partial charge in [-0.2, -0.15) is 0 Å². The Morgan fingerprint density at radius 2 is 2.27 bits per heavy atom. The Bertz CT molecular complexity index is 1590. The molecular weight excluding hydrogens is 575 g/mol. The van der Waals surface area contributed by atoms with Crippen LogP contribution < -0.4 is 26.5 Å². The molecule has 15 heteroatoms. The van der Waals surface area contributed by atoms with Gasteiger partial charge in [-0.05, 0) is 23.3 Å². The number of thiazole rings is 1. The number of aliphatic carboxylic acids is 1. The third-order valence-corrected chi connectivity index (χ3v) is 9.97. The van der Waals surface area contributed by atoms with Gasteiger partial charge in [0.15, 0.2) is 17.0 Å². The molecule has 6 rings (SSSR count). The number of carboxylic acid groups (broad SMARTS) is 1. The van der Waals surface area contributed by atoms with Crippen LogP contribution in [0.5, 0.6) is 0 Å². The highest BCUT2D eigenvalue weighted by atomic mass is 32.2. The van der Waals surface area contributed by atoms with Gasteiger partial charge in [0.25, 0.3) is 16.6 Å². The Labute approximate surface area is 240 Å². The number of fused-ring (bicyclic) bond motifs is 2. The van der Waals surface area contributed by atoms with Crippen LogP contribution in [0.4, 0.5) is 5.13 Å². The molecule has 0 aromatic carbocycles. The number of nitrogens with one attached hydrogen (secondary N) is 3. The molecule has 5 N–H and O–H groups in total. The van der Waals surface area contributed by atoms with Crippen LogP contribution in [0.15, 0.2) is 57.9 Å². The first-order valence-electron chi connectivity index (χ1n) is 12.2. The molecule has 2 unspecified atom stereocenters. The quantitative estimate of drug-likeness (QED) is 0.138. The second kappa shape index (κ2) is 10.6. The highest BCUT2D eigenvalue weighted by Gasteiger charge is 2.54. The van der Waals surface area contributed by atoms with E-state index in [2.05, 4.69) is 37.9 Å². The van der Waals surface area contributed by atoms with Crippen LogP contribution >= 0.6 is 34.4 Å². The van der Waals surface area contributed by atoms with Crippen LogP contribution in [0.25, 0.3) is 10.2 Å². The molecule has 40 heavy (non-hydrogen) atoms. The number of pyridine rings is 1. The van der Waals surface area contributed by atoms with Crippen LogP contribution in [0.1, 0.15) is 16.5 Å². The summed E-state index contributed by atoms with van der Waals surface area (Å²) in [6.45, 7) is 1.29. The SMILES string of the molecule is CO/N=C(\C(=O)NC1C(=O)N2C(C(=O)[O-])=C(C(C3=CCNC3)c3cc4ccc[nH+]c4s3)CS[C@H]12)c1csc(N)n1. The number of hydrogen-bond donors (Lipinski definition) is 3. The molecule has 3 aliphatic rings. The second-order valence-corrected chi connectivity index (χ2v) is 12.2. The van der Waals surface area contributed by atoms with E-state index < -0.39 is 29.2 Å². The standard InChI is InChI=1S/C25H23N7O5S3/c1-37-31-17(14-10-39-25(26)29-14)20(33)30-18-22(34)32-19(24(35)36)13(9-38-23(18)32)16(12-4-6-27-8-12)15-7-11-3-2-5-28-21(11)40-15/h2-5,7,10,16,18,23,27H,6,8-9H2,1H3,(H2,26,29)(H,30,33)(H,35,36)/b31-17-/t16?,18?,23-/m1/s1. The average molecular weight is 598 g/mol. The van der Waals surface area contributed by atoms with Gasteiger partial charge in [0, 0.05) is 41.1 Å². The number of thiophene rings is 1. The van der Waals surface area contributed by atoms with Crippen LogP contribution in [0, 0.1) is 0 Å². The molecule has 3 aliphatic heterocycles. The van der Waals surface area contributed by atoms with Crippen molar-refractivity contribution in [2.24, 2.45) is 5.16 Å². The summed E-state index contributed by atoms with van der Waals surface area (Å²) in [4.78, 5) is 54.3. The number of carbonyl (C=O) groups excluding carboxylic acids is 3. The summed E-state index contributed by atoms with van der Waals surface area (Å²) in [6, 6.07) is 5.00. The van der Waals surface area contributed by atoms with E-state index in [0.29, 0.717) is 24.4 Å². The molecule has 2 amide bonds. The fourth-order valence-electron chi connectivity index (χ4n) is 5.12. The Kier molecular flexibility index (Phi) is 7.04. The lowest BCUT2D eigenvalue weighted by Crippen LogP contribution is -2.71. The van der Waals surface area contributed by atoms with E-state index in [4.69, 9.17) is 10.6 Å². The number of β-lactam (4-membered cyclic amide) rings is 1. The Morgan fingerprint density at radius 3 is 2.95 bits per heavy atom. The minimum absolute atomic E-state index is 0.138. The van der Waals surface area contributed by atoms with Gasteiger partial charge in [-0.15, -0.1) is 23.1 Å². The van der Waals surface area contributed by atoms with E-state index in [1.54, 1.807) is 16.7 Å². The molecule has 0 saturated carbocycles. The number of nitrogen functional groups attached to an aromatic ring is 1. The molecule has 1 fully saturated rings. The summed E-state index contributed by atoms with van der Waals surface area (Å²) in [5, 5.41) is 24.5. The molecule has 0 bridgehead atoms. The van der Waals surface area contributed by atoms with Crippen LogP contribution in [-0.4, -0.2) is 70.7 Å². The number of anilines is 1. The maximum atomic E-state index is 13.4. The van der Waals surface area contributed by atoms with Gasteiger partial charge in [-0.1, -0.05) is 22.6 Å². The predicted octanol–water partition coefficient (Wildman–Crippen LogP) is -0.178. The van der Waals surface area contributed by atoms with Gasteiger partial charge in [-0.25, -0.2) is 9.97 Å². The number of thioether (sulfide) groups is 1. The average Bonchev–Trinajstić information content (AvgIpc) is 3.71. The lowest BCUT2D eigenvalue weighted by Gasteiger charge is -2.51. The van der Waals surface area contributed by atoms with E-state index in [1.807, 2.05) is 18.3 Å². The van der Waals surface area contributed by atoms with Crippen molar-refractivity contribution in [3.05, 3.63) is 63.3 Å². The zero-order valence-corrected chi connectivity index (χ0v) is 23.5. The Morgan fingerprint density at radius 1 is 1.43 bits per heavy atom. The second-order valence-electron chi connectivity index (χ2n) is 9.16. The smallest absolute Gasteiger partial charge is 0.276 e. The first-order chi connectivity index (χ1) is 19.4. The molecule has 3 atom stereocenters. The van der Waals surface area contributed by atoms with Crippen LogP contribution in [0.2, 0.25) is 0 Å². The minimum Gasteiger partial charge on any atom is -0.543 e. The Balaban J connectivity index is 1.32. The number of oxime groups is 1. The van der Waals surface area contributed by atoms with Gasteiger partial charge in [0.1, 0.15) is 24.2 Å². The number of rotatable bonds is 8. The van der Waals surface area contributed by atoms with Crippen LogP contribution in [-0.2, 0) is 19.2 Å². The maximum Gasteiger partial charge on any atom is 0.276 e. The molecule has 0 spiro atoms. The number of aromatic nitrogens is 2. The first-order valence-corrected chi connectivity index (χ1v) is 14.9. The van der Waals surface area contributed by atoms with Gasteiger partial charge >= 0.3 is 0 Å². The molecule has 3 aromatic rings. The van der Waals surface area contributed by atoms with Crippen molar-refractivity contribution in [1.29, 1.82) is 0 Å². The molecule has 6 heterocycles. The number of carbonyl (C=O) groups is 3. The summed E-state index contributed by atoms with van der Waals surface area (Å²) in [6.07, 6.45) is 3.92. The summed E-state index contributed by atoms with van der Waals surface area (Å²) in [5.41, 5.74) is 7.26. The van der Waals surface area contributed by atoms with E-state index >= 15 is 0 Å². The summed E-state index contributed by atoms with van der Waals surface area (Å²) in [7, 11) is 1.29. The highest BCUT2D eigenvalue weighted by molar-refractivity contribution is 8.00. The number of carboxylic acids is 1. The van der Waals surface area contributed by atoms with Crippen molar-refractivity contribution in [1.82, 2.24) is 20.5 Å². The Hall–Kier alpha value is -3.79. The molecule has 1 saturated heterocycles. The number of aromatic amines is 1. The number of nitrogens with two attached hydrogens (primary N) is 1.